The van der Waals surface area contributed by atoms with Crippen molar-refractivity contribution in [3.8, 4) is 11.8 Å². The van der Waals surface area contributed by atoms with Crippen molar-refractivity contribution in [2.75, 3.05) is 12.4 Å². The van der Waals surface area contributed by atoms with Crippen LogP contribution in [0.3, 0.4) is 0 Å². The lowest BCUT2D eigenvalue weighted by molar-refractivity contribution is -0.126. The minimum absolute atomic E-state index is 0.00173. The summed E-state index contributed by atoms with van der Waals surface area (Å²) >= 11 is 0. The van der Waals surface area contributed by atoms with Gasteiger partial charge < -0.3 is 10.1 Å². The normalized spacial score (nSPS) is 23.0. The second-order valence-electron chi connectivity index (χ2n) is 10.2. The van der Waals surface area contributed by atoms with E-state index in [0.717, 1.165) is 57.8 Å². The Morgan fingerprint density at radius 2 is 1.83 bits per heavy atom. The quantitative estimate of drug-likeness (QED) is 0.577. The van der Waals surface area contributed by atoms with Crippen LogP contribution in [0.25, 0.3) is 0 Å². The van der Waals surface area contributed by atoms with E-state index in [1.54, 1.807) is 18.2 Å². The van der Waals surface area contributed by atoms with E-state index in [0.29, 0.717) is 35.1 Å². The number of hydrogen-bond donors (Lipinski definition) is 1. The molecule has 2 aliphatic carbocycles. The second-order valence-corrected chi connectivity index (χ2v) is 10.2. The molecule has 1 amide bonds. The average Bonchev–Trinajstić information content (AvgIpc) is 2.87. The van der Waals surface area contributed by atoms with E-state index in [4.69, 9.17) is 4.74 Å². The van der Waals surface area contributed by atoms with E-state index >= 15 is 0 Å². The maximum Gasteiger partial charge on any atom is 0.227 e. The van der Waals surface area contributed by atoms with Gasteiger partial charge in [0.2, 0.25) is 5.91 Å². The fourth-order valence-corrected chi connectivity index (χ4v) is 6.05. The number of ether oxygens (including phenoxy) is 1. The lowest BCUT2D eigenvalue weighted by Gasteiger charge is -2.33. The van der Waals surface area contributed by atoms with Crippen molar-refractivity contribution >= 4 is 17.4 Å². The molecule has 2 aliphatic rings. The highest BCUT2D eigenvalue weighted by atomic mass is 16.5. The number of nitrogens with zero attached hydrogens (tertiary/aromatic N) is 1. The van der Waals surface area contributed by atoms with Gasteiger partial charge in [0.1, 0.15) is 17.6 Å². The van der Waals surface area contributed by atoms with Crippen LogP contribution in [0, 0.1) is 36.0 Å². The molecule has 0 bridgehead atoms. The molecule has 2 aromatic carbocycles. The first-order chi connectivity index (χ1) is 17.0. The van der Waals surface area contributed by atoms with Crippen LogP contribution in [0.15, 0.2) is 36.4 Å². The number of ketones is 1. The SMILES string of the molecule is COc1ccc(NC(=O)C2CCC(C3CCCc4c(C)cccc4CCCC3=O)CC2)cc1C#N. The van der Waals surface area contributed by atoms with Gasteiger partial charge in [-0.25, -0.2) is 0 Å². The van der Waals surface area contributed by atoms with Gasteiger partial charge in [-0.1, -0.05) is 18.2 Å². The summed E-state index contributed by atoms with van der Waals surface area (Å²) in [5.74, 6) is 1.39. The molecule has 0 radical (unpaired) electrons. The number of nitrogens with one attached hydrogen (secondary N) is 1. The molecule has 2 aromatic rings. The van der Waals surface area contributed by atoms with Crippen LogP contribution in [0.1, 0.15) is 73.6 Å². The first-order valence-electron chi connectivity index (χ1n) is 13.0. The Balaban J connectivity index is 1.34. The van der Waals surface area contributed by atoms with Crippen molar-refractivity contribution in [1.82, 2.24) is 0 Å². The van der Waals surface area contributed by atoms with Crippen LogP contribution < -0.4 is 10.1 Å². The van der Waals surface area contributed by atoms with Crippen LogP contribution in [-0.4, -0.2) is 18.8 Å². The molecule has 0 aromatic heterocycles. The Kier molecular flexibility index (Phi) is 8.23. The first kappa shape index (κ1) is 25.0. The Bertz CT molecular complexity index is 1110. The van der Waals surface area contributed by atoms with E-state index in [1.807, 2.05) is 0 Å². The third-order valence-electron chi connectivity index (χ3n) is 8.03. The number of hydrogen-bond acceptors (Lipinski definition) is 4. The minimum atomic E-state index is -0.0527. The van der Waals surface area contributed by atoms with Gasteiger partial charge in [0.25, 0.3) is 0 Å². The predicted octanol–water partition coefficient (Wildman–Crippen LogP) is 6.16. The van der Waals surface area contributed by atoms with Gasteiger partial charge in [-0.3, -0.25) is 9.59 Å². The number of rotatable bonds is 4. The summed E-state index contributed by atoms with van der Waals surface area (Å²) in [4.78, 5) is 26.1. The summed E-state index contributed by atoms with van der Waals surface area (Å²) < 4.78 is 5.18. The van der Waals surface area contributed by atoms with Crippen molar-refractivity contribution in [1.29, 1.82) is 5.26 Å². The molecule has 0 aliphatic heterocycles. The maximum absolute atomic E-state index is 13.2. The molecule has 184 valence electrons. The van der Waals surface area contributed by atoms with Crippen molar-refractivity contribution < 1.29 is 14.3 Å². The van der Waals surface area contributed by atoms with Gasteiger partial charge in [-0.15, -0.1) is 0 Å². The molecule has 1 unspecified atom stereocenters. The molecular weight excluding hydrogens is 436 g/mol. The van der Waals surface area contributed by atoms with Crippen molar-refractivity contribution in [2.45, 2.75) is 71.1 Å². The third-order valence-corrected chi connectivity index (χ3v) is 8.03. The van der Waals surface area contributed by atoms with E-state index < -0.39 is 0 Å². The molecule has 4 rings (SSSR count). The number of anilines is 1. The van der Waals surface area contributed by atoms with Crippen LogP contribution >= 0.6 is 0 Å². The molecule has 1 atom stereocenters. The fourth-order valence-electron chi connectivity index (χ4n) is 6.05. The summed E-state index contributed by atoms with van der Waals surface area (Å²) in [7, 11) is 1.52. The molecule has 1 fully saturated rings. The summed E-state index contributed by atoms with van der Waals surface area (Å²) in [6.45, 7) is 2.20. The van der Waals surface area contributed by atoms with Gasteiger partial charge in [0.15, 0.2) is 0 Å². The number of carbonyl (C=O) groups excluding carboxylic acids is 2. The highest BCUT2D eigenvalue weighted by Gasteiger charge is 2.34. The topological polar surface area (TPSA) is 79.2 Å². The number of amides is 1. The van der Waals surface area contributed by atoms with Crippen LogP contribution in [0.5, 0.6) is 5.75 Å². The van der Waals surface area contributed by atoms with E-state index in [9.17, 15) is 14.9 Å². The van der Waals surface area contributed by atoms with Crippen molar-refractivity contribution in [2.24, 2.45) is 17.8 Å². The predicted molar refractivity (Wildman–Crippen MR) is 137 cm³/mol. The summed E-state index contributed by atoms with van der Waals surface area (Å²) in [5.41, 5.74) is 5.30. The summed E-state index contributed by atoms with van der Waals surface area (Å²) in [6, 6.07) is 13.8. The van der Waals surface area contributed by atoms with E-state index in [-0.39, 0.29) is 17.7 Å². The molecule has 35 heavy (non-hydrogen) atoms. The highest BCUT2D eigenvalue weighted by Crippen LogP contribution is 2.38. The lowest BCUT2D eigenvalue weighted by Crippen LogP contribution is -2.32. The smallest absolute Gasteiger partial charge is 0.227 e. The van der Waals surface area contributed by atoms with Crippen LogP contribution in [-0.2, 0) is 22.4 Å². The zero-order valence-electron chi connectivity index (χ0n) is 20.9. The van der Waals surface area contributed by atoms with Gasteiger partial charge in [-0.2, -0.15) is 5.26 Å². The summed E-state index contributed by atoms with van der Waals surface area (Å²) in [5, 5.41) is 12.3. The Labute approximate surface area is 208 Å². The van der Waals surface area contributed by atoms with Crippen molar-refractivity contribution in [3.63, 3.8) is 0 Å². The number of Topliss-reactive ketones (excluding diaryl/α,β-unsaturated/α-hetero) is 1. The number of carbonyl (C=O) groups is 2. The number of methoxy groups -OCH3 is 1. The monoisotopic (exact) mass is 472 g/mol. The Morgan fingerprint density at radius 3 is 2.57 bits per heavy atom. The standard InChI is InChI=1S/C30H36N2O3/c1-20-6-3-7-21-8-4-11-28(33)27(10-5-9-26(20)21)22-12-14-23(15-13-22)30(34)32-25-16-17-29(35-2)24(18-25)19-31/h3,6-7,16-18,22-23,27H,4-5,8-15H2,1-2H3,(H,32,34). The lowest BCUT2D eigenvalue weighted by atomic mass is 9.71. The number of aryl methyl sites for hydroxylation is 2. The zero-order valence-corrected chi connectivity index (χ0v) is 20.9. The van der Waals surface area contributed by atoms with Crippen LogP contribution in [0.4, 0.5) is 5.69 Å². The van der Waals surface area contributed by atoms with Gasteiger partial charge in [-0.05, 0) is 106 Å². The van der Waals surface area contributed by atoms with Crippen molar-refractivity contribution in [3.05, 3.63) is 58.7 Å². The van der Waals surface area contributed by atoms with E-state index in [1.165, 1.54) is 23.8 Å². The molecule has 0 spiro atoms. The highest BCUT2D eigenvalue weighted by molar-refractivity contribution is 5.93. The fraction of sp³-hybridized carbons (Fsp3) is 0.500. The molecular formula is C30H36N2O3. The van der Waals surface area contributed by atoms with Crippen LogP contribution in [0.2, 0.25) is 0 Å². The number of fused-ring (bicyclic) bond motifs is 1. The van der Waals surface area contributed by atoms with Gasteiger partial charge >= 0.3 is 0 Å². The molecule has 1 N–H and O–H groups in total. The number of benzene rings is 2. The molecule has 5 nitrogen and oxygen atoms in total. The molecule has 1 saturated carbocycles. The number of nitriles is 1. The molecule has 0 saturated heterocycles. The van der Waals surface area contributed by atoms with Gasteiger partial charge in [0, 0.05) is 23.9 Å². The third kappa shape index (κ3) is 5.93. The molecule has 5 heteroatoms. The minimum Gasteiger partial charge on any atom is -0.495 e. The zero-order chi connectivity index (χ0) is 24.8. The average molecular weight is 473 g/mol. The Morgan fingerprint density at radius 1 is 1.03 bits per heavy atom. The van der Waals surface area contributed by atoms with Gasteiger partial charge in [0.05, 0.1) is 12.7 Å². The molecule has 0 heterocycles. The largest absolute Gasteiger partial charge is 0.495 e. The van der Waals surface area contributed by atoms with E-state index in [2.05, 4.69) is 36.5 Å². The summed E-state index contributed by atoms with van der Waals surface area (Å²) in [6.07, 6.45) is 9.11. The first-order valence-corrected chi connectivity index (χ1v) is 13.0. The second kappa shape index (κ2) is 11.5. The maximum atomic E-state index is 13.2. The Hall–Kier alpha value is -3.13.